The maximum Gasteiger partial charge on any atom is 0.326 e. The smallest absolute Gasteiger partial charge is 0.308 e. The van der Waals surface area contributed by atoms with Crippen molar-refractivity contribution < 1.29 is 9.59 Å². The summed E-state index contributed by atoms with van der Waals surface area (Å²) in [6.45, 7) is 0. The minimum Gasteiger partial charge on any atom is -0.308 e. The van der Waals surface area contributed by atoms with Crippen LogP contribution in [0.3, 0.4) is 0 Å². The zero-order valence-corrected chi connectivity index (χ0v) is 9.72. The number of hydrogen-bond donors (Lipinski definition) is 2. The van der Waals surface area contributed by atoms with Crippen LogP contribution in [0.2, 0.25) is 0 Å². The van der Waals surface area contributed by atoms with E-state index < -0.39 is 11.9 Å². The van der Waals surface area contributed by atoms with Crippen molar-refractivity contribution in [3.63, 3.8) is 0 Å². The maximum absolute atomic E-state index is 11.6. The highest BCUT2D eigenvalue weighted by atomic mass is 16.2. The van der Waals surface area contributed by atoms with E-state index in [1.165, 1.54) is 6.20 Å². The fraction of sp³-hybridized carbons (Fsp3) is 0.154. The Morgan fingerprint density at radius 3 is 2.78 bits per heavy atom. The van der Waals surface area contributed by atoms with Crippen molar-refractivity contribution in [1.29, 1.82) is 0 Å². The molecule has 0 radical (unpaired) electrons. The predicted octanol–water partition coefficient (Wildman–Crippen LogP) is 1.75. The second-order valence-electron chi connectivity index (χ2n) is 3.76. The van der Waals surface area contributed by atoms with Gasteiger partial charge in [-0.3, -0.25) is 15.1 Å². The summed E-state index contributed by atoms with van der Waals surface area (Å²) in [6.07, 6.45) is 9.05. The quantitative estimate of drug-likeness (QED) is 0.831. The Balaban J connectivity index is 1.90. The van der Waals surface area contributed by atoms with Crippen LogP contribution in [-0.2, 0) is 0 Å². The van der Waals surface area contributed by atoms with Gasteiger partial charge in [-0.05, 0) is 31.1 Å². The molecule has 0 bridgehead atoms. The SMILES string of the molecule is O=C(NC(=O)c1ccccn1)NC1=CCCC=C1. The number of urea groups is 1. The van der Waals surface area contributed by atoms with Crippen LogP contribution in [0, 0.1) is 0 Å². The largest absolute Gasteiger partial charge is 0.326 e. The third-order valence-electron chi connectivity index (χ3n) is 2.38. The van der Waals surface area contributed by atoms with E-state index in [4.69, 9.17) is 0 Å². The van der Waals surface area contributed by atoms with Gasteiger partial charge in [0.1, 0.15) is 5.69 Å². The minimum absolute atomic E-state index is 0.209. The zero-order valence-electron chi connectivity index (χ0n) is 9.72. The van der Waals surface area contributed by atoms with E-state index in [0.717, 1.165) is 12.8 Å². The molecule has 0 spiro atoms. The van der Waals surface area contributed by atoms with Gasteiger partial charge in [0, 0.05) is 11.9 Å². The lowest BCUT2D eigenvalue weighted by Crippen LogP contribution is -2.39. The van der Waals surface area contributed by atoms with Gasteiger partial charge in [-0.15, -0.1) is 0 Å². The third kappa shape index (κ3) is 3.28. The van der Waals surface area contributed by atoms with E-state index in [0.29, 0.717) is 5.70 Å². The maximum atomic E-state index is 11.6. The molecule has 0 saturated heterocycles. The molecule has 1 aromatic heterocycles. The Kier molecular flexibility index (Phi) is 3.86. The molecule has 5 heteroatoms. The predicted molar refractivity (Wildman–Crippen MR) is 66.7 cm³/mol. The van der Waals surface area contributed by atoms with Crippen molar-refractivity contribution in [3.8, 4) is 0 Å². The highest BCUT2D eigenvalue weighted by Gasteiger charge is 2.11. The van der Waals surface area contributed by atoms with Gasteiger partial charge in [0.25, 0.3) is 5.91 Å². The van der Waals surface area contributed by atoms with E-state index in [1.54, 1.807) is 18.2 Å². The van der Waals surface area contributed by atoms with Crippen molar-refractivity contribution in [2.45, 2.75) is 12.8 Å². The number of amides is 3. The topological polar surface area (TPSA) is 71.1 Å². The molecule has 0 aliphatic heterocycles. The summed E-state index contributed by atoms with van der Waals surface area (Å²) in [5.74, 6) is -0.520. The van der Waals surface area contributed by atoms with Gasteiger partial charge in [0.15, 0.2) is 0 Å². The number of imide groups is 1. The third-order valence-corrected chi connectivity index (χ3v) is 2.38. The first-order valence-corrected chi connectivity index (χ1v) is 5.66. The van der Waals surface area contributed by atoms with Gasteiger partial charge in [0.05, 0.1) is 0 Å². The fourth-order valence-electron chi connectivity index (χ4n) is 1.53. The Morgan fingerprint density at radius 2 is 2.11 bits per heavy atom. The molecule has 2 rings (SSSR count). The Bertz CT molecular complexity index is 506. The zero-order chi connectivity index (χ0) is 12.8. The van der Waals surface area contributed by atoms with Crippen LogP contribution in [-0.4, -0.2) is 16.9 Å². The van der Waals surface area contributed by atoms with Gasteiger partial charge in [-0.1, -0.05) is 18.2 Å². The van der Waals surface area contributed by atoms with Crippen LogP contribution in [0.25, 0.3) is 0 Å². The van der Waals surface area contributed by atoms with Crippen LogP contribution in [0.4, 0.5) is 4.79 Å². The van der Waals surface area contributed by atoms with E-state index in [9.17, 15) is 9.59 Å². The van der Waals surface area contributed by atoms with E-state index in [-0.39, 0.29) is 5.69 Å². The summed E-state index contributed by atoms with van der Waals surface area (Å²) < 4.78 is 0. The standard InChI is InChI=1S/C13H13N3O2/c17-12(11-8-4-5-9-14-11)16-13(18)15-10-6-2-1-3-7-10/h2,4-9H,1,3H2,(H2,15,16,17,18). The molecule has 92 valence electrons. The summed E-state index contributed by atoms with van der Waals surface area (Å²) in [5.41, 5.74) is 0.911. The molecule has 0 saturated carbocycles. The van der Waals surface area contributed by atoms with Crippen LogP contribution in [0.15, 0.2) is 48.3 Å². The van der Waals surface area contributed by atoms with Crippen LogP contribution < -0.4 is 10.6 Å². The molecule has 0 unspecified atom stereocenters. The Labute approximate surface area is 105 Å². The van der Waals surface area contributed by atoms with Gasteiger partial charge < -0.3 is 5.32 Å². The van der Waals surface area contributed by atoms with Crippen LogP contribution >= 0.6 is 0 Å². The van der Waals surface area contributed by atoms with Gasteiger partial charge in [0.2, 0.25) is 0 Å². The molecule has 18 heavy (non-hydrogen) atoms. The number of allylic oxidation sites excluding steroid dienone is 3. The lowest BCUT2D eigenvalue weighted by molar-refractivity contribution is 0.0960. The number of rotatable bonds is 2. The number of aromatic nitrogens is 1. The number of carbonyl (C=O) groups excluding carboxylic acids is 2. The number of hydrogen-bond acceptors (Lipinski definition) is 3. The van der Waals surface area contributed by atoms with Crippen molar-refractivity contribution in [1.82, 2.24) is 15.6 Å². The van der Waals surface area contributed by atoms with Gasteiger partial charge in [-0.25, -0.2) is 4.79 Å². The molecule has 1 heterocycles. The van der Waals surface area contributed by atoms with Gasteiger partial charge in [-0.2, -0.15) is 0 Å². The molecule has 1 aliphatic rings. The van der Waals surface area contributed by atoms with Gasteiger partial charge >= 0.3 is 6.03 Å². The number of nitrogens with zero attached hydrogens (tertiary/aromatic N) is 1. The van der Waals surface area contributed by atoms with Crippen molar-refractivity contribution in [2.24, 2.45) is 0 Å². The summed E-state index contributed by atoms with van der Waals surface area (Å²) >= 11 is 0. The summed E-state index contributed by atoms with van der Waals surface area (Å²) in [4.78, 5) is 27.0. The second kappa shape index (κ2) is 5.77. The van der Waals surface area contributed by atoms with Crippen molar-refractivity contribution >= 4 is 11.9 Å². The Hall–Kier alpha value is -2.43. The number of carbonyl (C=O) groups is 2. The lowest BCUT2D eigenvalue weighted by Gasteiger charge is -2.09. The van der Waals surface area contributed by atoms with Crippen molar-refractivity contribution in [3.05, 3.63) is 54.0 Å². The molecule has 1 aliphatic carbocycles. The first-order chi connectivity index (χ1) is 8.75. The van der Waals surface area contributed by atoms with E-state index in [1.807, 2.05) is 18.2 Å². The first-order valence-electron chi connectivity index (χ1n) is 5.66. The fourth-order valence-corrected chi connectivity index (χ4v) is 1.53. The highest BCUT2D eigenvalue weighted by molar-refractivity contribution is 6.03. The number of nitrogens with one attached hydrogen (secondary N) is 2. The monoisotopic (exact) mass is 243 g/mol. The molecular formula is C13H13N3O2. The van der Waals surface area contributed by atoms with E-state index >= 15 is 0 Å². The molecular weight excluding hydrogens is 230 g/mol. The molecule has 0 atom stereocenters. The van der Waals surface area contributed by atoms with Crippen LogP contribution in [0.5, 0.6) is 0 Å². The van der Waals surface area contributed by atoms with E-state index in [2.05, 4.69) is 15.6 Å². The highest BCUT2D eigenvalue weighted by Crippen LogP contribution is 2.06. The lowest BCUT2D eigenvalue weighted by atomic mass is 10.1. The van der Waals surface area contributed by atoms with Crippen molar-refractivity contribution in [2.75, 3.05) is 0 Å². The van der Waals surface area contributed by atoms with Crippen LogP contribution in [0.1, 0.15) is 23.3 Å². The molecule has 5 nitrogen and oxygen atoms in total. The number of pyridine rings is 1. The molecule has 0 fully saturated rings. The molecule has 1 aromatic rings. The molecule has 3 amide bonds. The summed E-state index contributed by atoms with van der Waals surface area (Å²) in [6, 6.07) is 4.38. The molecule has 2 N–H and O–H groups in total. The summed E-state index contributed by atoms with van der Waals surface area (Å²) in [7, 11) is 0. The second-order valence-corrected chi connectivity index (χ2v) is 3.76. The normalized spacial score (nSPS) is 13.7. The average molecular weight is 243 g/mol. The minimum atomic E-state index is -0.552. The summed E-state index contributed by atoms with van der Waals surface area (Å²) in [5, 5.41) is 4.81. The Morgan fingerprint density at radius 1 is 1.22 bits per heavy atom. The molecule has 0 aromatic carbocycles. The first kappa shape index (κ1) is 12.0. The average Bonchev–Trinajstić information content (AvgIpc) is 2.40.